The number of hydrogen-bond acceptors (Lipinski definition) is 5. The van der Waals surface area contributed by atoms with Gasteiger partial charge in [0, 0.05) is 37.2 Å². The third kappa shape index (κ3) is 3.77. The topological polar surface area (TPSA) is 63.9 Å². The molecule has 3 rings (SSSR count). The van der Waals surface area contributed by atoms with Crippen LogP contribution in [0.4, 0.5) is 5.69 Å². The highest BCUT2D eigenvalue weighted by Gasteiger charge is 2.23. The Kier molecular flexibility index (Phi) is 5.68. The van der Waals surface area contributed by atoms with Crippen LogP contribution in [-0.2, 0) is 11.3 Å². The summed E-state index contributed by atoms with van der Waals surface area (Å²) in [5.41, 5.74) is 1.83. The maximum Gasteiger partial charge on any atom is 0.240 e. The monoisotopic (exact) mass is 367 g/mol. The van der Waals surface area contributed by atoms with E-state index >= 15 is 0 Å². The molecule has 26 heavy (non-hydrogen) atoms. The molecule has 1 atom stereocenters. The summed E-state index contributed by atoms with van der Waals surface area (Å²) in [7, 11) is 1.79. The van der Waals surface area contributed by atoms with Crippen LogP contribution in [0, 0.1) is 0 Å². The van der Waals surface area contributed by atoms with Gasteiger partial charge < -0.3 is 9.47 Å². The molecule has 0 spiro atoms. The Hall–Kier alpha value is -2.67. The number of hydrogen-bond donors (Lipinski definition) is 0. The van der Waals surface area contributed by atoms with Gasteiger partial charge in [-0.3, -0.25) is 9.78 Å². The Bertz CT molecular complexity index is 866. The summed E-state index contributed by atoms with van der Waals surface area (Å²) in [5.74, 6) is 0.811. The second-order valence-electron chi connectivity index (χ2n) is 5.78. The van der Waals surface area contributed by atoms with Gasteiger partial charge in [0.1, 0.15) is 0 Å². The van der Waals surface area contributed by atoms with Gasteiger partial charge in [0.05, 0.1) is 5.25 Å². The van der Waals surface area contributed by atoms with Crippen LogP contribution < -0.4 is 4.90 Å². The zero-order valence-electron chi connectivity index (χ0n) is 15.0. The summed E-state index contributed by atoms with van der Waals surface area (Å²) >= 11 is 1.42. The molecule has 2 heterocycles. The SMILES string of the molecule is CCn1c(SC(C)C(=O)N(C)c2ccccc2)nnc1-c1ccncc1. The molecule has 134 valence electrons. The Balaban J connectivity index is 1.78. The molecule has 1 aromatic carbocycles. The minimum absolute atomic E-state index is 0.0253. The lowest BCUT2D eigenvalue weighted by Gasteiger charge is -2.21. The highest BCUT2D eigenvalue weighted by atomic mass is 32.2. The molecule has 3 aromatic rings. The number of aromatic nitrogens is 4. The van der Waals surface area contributed by atoms with Gasteiger partial charge in [0.25, 0.3) is 0 Å². The average molecular weight is 367 g/mol. The fourth-order valence-electron chi connectivity index (χ4n) is 2.64. The number of para-hydroxylation sites is 1. The molecule has 0 saturated carbocycles. The van der Waals surface area contributed by atoms with Crippen LogP contribution in [0.2, 0.25) is 0 Å². The molecule has 0 bridgehead atoms. The smallest absolute Gasteiger partial charge is 0.240 e. The van der Waals surface area contributed by atoms with Gasteiger partial charge in [-0.05, 0) is 38.1 Å². The minimum atomic E-state index is -0.278. The second-order valence-corrected chi connectivity index (χ2v) is 7.09. The van der Waals surface area contributed by atoms with Crippen molar-refractivity contribution < 1.29 is 4.79 Å². The van der Waals surface area contributed by atoms with Crippen LogP contribution in [-0.4, -0.2) is 38.0 Å². The molecule has 1 unspecified atom stereocenters. The van der Waals surface area contributed by atoms with Crippen molar-refractivity contribution in [2.24, 2.45) is 0 Å². The van der Waals surface area contributed by atoms with Gasteiger partial charge in [-0.25, -0.2) is 0 Å². The predicted octanol–water partition coefficient (Wildman–Crippen LogP) is 3.50. The van der Waals surface area contributed by atoms with Crippen LogP contribution in [0.5, 0.6) is 0 Å². The highest BCUT2D eigenvalue weighted by molar-refractivity contribution is 8.00. The van der Waals surface area contributed by atoms with Crippen LogP contribution >= 0.6 is 11.8 Å². The van der Waals surface area contributed by atoms with Gasteiger partial charge in [0.2, 0.25) is 5.91 Å². The first-order chi connectivity index (χ1) is 12.6. The van der Waals surface area contributed by atoms with E-state index in [-0.39, 0.29) is 11.2 Å². The Labute approximate surface area is 157 Å². The number of benzene rings is 1. The van der Waals surface area contributed by atoms with Crippen molar-refractivity contribution in [2.45, 2.75) is 30.8 Å². The van der Waals surface area contributed by atoms with Crippen LogP contribution in [0.3, 0.4) is 0 Å². The molecular weight excluding hydrogens is 346 g/mol. The van der Waals surface area contributed by atoms with E-state index in [1.807, 2.05) is 60.9 Å². The van der Waals surface area contributed by atoms with Crippen LogP contribution in [0.25, 0.3) is 11.4 Å². The summed E-state index contributed by atoms with van der Waals surface area (Å²) < 4.78 is 2.02. The summed E-state index contributed by atoms with van der Waals surface area (Å²) in [6, 6.07) is 13.4. The Morgan fingerprint density at radius 3 is 2.50 bits per heavy atom. The molecule has 0 aliphatic carbocycles. The first-order valence-electron chi connectivity index (χ1n) is 8.44. The standard InChI is InChI=1S/C19H21N5OS/c1-4-24-17(15-10-12-20-13-11-15)21-22-19(24)26-14(2)18(25)23(3)16-8-6-5-7-9-16/h5-14H,4H2,1-3H3. The van der Waals surface area contributed by atoms with E-state index in [1.54, 1.807) is 24.3 Å². The van der Waals surface area contributed by atoms with Crippen LogP contribution in [0.1, 0.15) is 13.8 Å². The molecule has 2 aromatic heterocycles. The number of thioether (sulfide) groups is 1. The number of amides is 1. The number of anilines is 1. The Morgan fingerprint density at radius 2 is 1.85 bits per heavy atom. The molecule has 0 saturated heterocycles. The molecular formula is C19H21N5OS. The molecule has 1 amide bonds. The number of pyridine rings is 1. The largest absolute Gasteiger partial charge is 0.315 e. The summed E-state index contributed by atoms with van der Waals surface area (Å²) in [4.78, 5) is 18.5. The second kappa shape index (κ2) is 8.14. The molecule has 0 aliphatic rings. The molecule has 0 fully saturated rings. The number of nitrogens with zero attached hydrogens (tertiary/aromatic N) is 5. The summed E-state index contributed by atoms with van der Waals surface area (Å²) in [6.45, 7) is 4.66. The van der Waals surface area contributed by atoms with E-state index < -0.39 is 0 Å². The molecule has 7 heteroatoms. The van der Waals surface area contributed by atoms with E-state index in [9.17, 15) is 4.79 Å². The maximum atomic E-state index is 12.8. The van der Waals surface area contributed by atoms with Gasteiger partial charge >= 0.3 is 0 Å². The fraction of sp³-hybridized carbons (Fsp3) is 0.263. The van der Waals surface area contributed by atoms with E-state index in [2.05, 4.69) is 15.2 Å². The zero-order valence-corrected chi connectivity index (χ0v) is 15.8. The third-order valence-electron chi connectivity index (χ3n) is 4.08. The number of carbonyl (C=O) groups excluding carboxylic acids is 1. The van der Waals surface area contributed by atoms with Crippen molar-refractivity contribution in [3.05, 3.63) is 54.9 Å². The zero-order chi connectivity index (χ0) is 18.5. The Morgan fingerprint density at radius 1 is 1.15 bits per heavy atom. The third-order valence-corrected chi connectivity index (χ3v) is 5.14. The van der Waals surface area contributed by atoms with Crippen molar-refractivity contribution in [3.8, 4) is 11.4 Å². The summed E-state index contributed by atoms with van der Waals surface area (Å²) in [5, 5.41) is 9.07. The fourth-order valence-corrected chi connectivity index (χ4v) is 3.64. The quantitative estimate of drug-likeness (QED) is 0.624. The van der Waals surface area contributed by atoms with Crippen molar-refractivity contribution >= 4 is 23.4 Å². The van der Waals surface area contributed by atoms with Crippen molar-refractivity contribution in [2.75, 3.05) is 11.9 Å². The summed E-state index contributed by atoms with van der Waals surface area (Å²) in [6.07, 6.45) is 3.47. The van der Waals surface area contributed by atoms with E-state index in [4.69, 9.17) is 0 Å². The van der Waals surface area contributed by atoms with E-state index in [0.29, 0.717) is 0 Å². The van der Waals surface area contributed by atoms with Gasteiger partial charge in [-0.15, -0.1) is 10.2 Å². The normalized spacial score (nSPS) is 12.0. The first-order valence-corrected chi connectivity index (χ1v) is 9.32. The minimum Gasteiger partial charge on any atom is -0.315 e. The lowest BCUT2D eigenvalue weighted by molar-refractivity contribution is -0.117. The highest BCUT2D eigenvalue weighted by Crippen LogP contribution is 2.28. The van der Waals surface area contributed by atoms with Crippen molar-refractivity contribution in [3.63, 3.8) is 0 Å². The van der Waals surface area contributed by atoms with Crippen molar-refractivity contribution in [1.29, 1.82) is 0 Å². The van der Waals surface area contributed by atoms with Crippen molar-refractivity contribution in [1.82, 2.24) is 19.7 Å². The lowest BCUT2D eigenvalue weighted by atomic mass is 10.2. The molecule has 6 nitrogen and oxygen atoms in total. The van der Waals surface area contributed by atoms with E-state index in [0.717, 1.165) is 28.8 Å². The molecule has 0 aliphatic heterocycles. The molecule has 0 N–H and O–H groups in total. The number of rotatable bonds is 6. The average Bonchev–Trinajstić information content (AvgIpc) is 3.10. The van der Waals surface area contributed by atoms with Gasteiger partial charge in [-0.1, -0.05) is 30.0 Å². The first kappa shape index (κ1) is 18.1. The van der Waals surface area contributed by atoms with Gasteiger partial charge in [-0.2, -0.15) is 0 Å². The maximum absolute atomic E-state index is 12.8. The lowest BCUT2D eigenvalue weighted by Crippen LogP contribution is -2.33. The molecule has 0 radical (unpaired) electrons. The predicted molar refractivity (Wildman–Crippen MR) is 104 cm³/mol. The van der Waals surface area contributed by atoms with Crippen LogP contribution in [0.15, 0.2) is 60.0 Å². The van der Waals surface area contributed by atoms with E-state index in [1.165, 1.54) is 11.8 Å². The number of carbonyl (C=O) groups is 1. The van der Waals surface area contributed by atoms with Gasteiger partial charge in [0.15, 0.2) is 11.0 Å².